The van der Waals surface area contributed by atoms with E-state index >= 15 is 0 Å². The van der Waals surface area contributed by atoms with Gasteiger partial charge in [0, 0.05) is 13.0 Å². The quantitative estimate of drug-likeness (QED) is 0.611. The van der Waals surface area contributed by atoms with Crippen LogP contribution < -0.4 is 0 Å². The van der Waals surface area contributed by atoms with Crippen LogP contribution in [0.3, 0.4) is 0 Å². The lowest BCUT2D eigenvalue weighted by molar-refractivity contribution is -0.131. The van der Waals surface area contributed by atoms with Gasteiger partial charge in [-0.05, 0) is 19.3 Å². The van der Waals surface area contributed by atoms with Gasteiger partial charge in [0.15, 0.2) is 5.78 Å². The van der Waals surface area contributed by atoms with Gasteiger partial charge in [0.25, 0.3) is 0 Å². The van der Waals surface area contributed by atoms with Crippen LogP contribution in [0.25, 0.3) is 0 Å². The van der Waals surface area contributed by atoms with Crippen molar-refractivity contribution in [2.24, 2.45) is 5.92 Å². The molecule has 0 saturated heterocycles. The predicted octanol–water partition coefficient (Wildman–Crippen LogP) is 2.81. The maximum absolute atomic E-state index is 11.6. The molecule has 78 valence electrons. The Labute approximate surface area is 81.7 Å². The van der Waals surface area contributed by atoms with Crippen molar-refractivity contribution in [3.05, 3.63) is 0 Å². The smallest absolute Gasteiger partial charge is 0.161 e. The summed E-state index contributed by atoms with van der Waals surface area (Å²) in [6.07, 6.45) is 2.36. The second-order valence-electron chi connectivity index (χ2n) is 3.80. The van der Waals surface area contributed by atoms with E-state index in [0.29, 0.717) is 18.9 Å². The summed E-state index contributed by atoms with van der Waals surface area (Å²) in [6, 6.07) is 0. The van der Waals surface area contributed by atoms with Gasteiger partial charge >= 0.3 is 0 Å². The molecule has 0 amide bonds. The minimum Gasteiger partial charge on any atom is -0.371 e. The molecule has 0 bridgehead atoms. The molecule has 0 fully saturated rings. The number of ether oxygens (including phenoxy) is 1. The number of carbonyl (C=O) groups excluding carboxylic acids is 1. The Morgan fingerprint density at radius 2 is 1.92 bits per heavy atom. The van der Waals surface area contributed by atoms with Gasteiger partial charge in [0.05, 0.1) is 0 Å². The topological polar surface area (TPSA) is 26.3 Å². The third-order valence-corrected chi connectivity index (χ3v) is 1.89. The maximum Gasteiger partial charge on any atom is 0.161 e. The number of hydrogen-bond donors (Lipinski definition) is 0. The molecule has 0 radical (unpaired) electrons. The molecule has 13 heavy (non-hydrogen) atoms. The van der Waals surface area contributed by atoms with Crippen LogP contribution in [0.5, 0.6) is 0 Å². The van der Waals surface area contributed by atoms with E-state index in [-0.39, 0.29) is 11.9 Å². The van der Waals surface area contributed by atoms with Crippen molar-refractivity contribution in [2.45, 2.75) is 53.1 Å². The van der Waals surface area contributed by atoms with Crippen LogP contribution in [0.4, 0.5) is 0 Å². The monoisotopic (exact) mass is 186 g/mol. The van der Waals surface area contributed by atoms with Gasteiger partial charge < -0.3 is 4.74 Å². The van der Waals surface area contributed by atoms with Crippen LogP contribution in [-0.2, 0) is 9.53 Å². The minimum atomic E-state index is -0.155. The van der Waals surface area contributed by atoms with Crippen LogP contribution in [0.15, 0.2) is 0 Å². The fraction of sp³-hybridized carbons (Fsp3) is 0.909. The maximum atomic E-state index is 11.6. The highest BCUT2D eigenvalue weighted by Gasteiger charge is 2.17. The van der Waals surface area contributed by atoms with Crippen molar-refractivity contribution < 1.29 is 9.53 Å². The number of Topliss-reactive ketones (excluding diaryl/α,β-unsaturated/α-hetero) is 1. The standard InChI is InChI=1S/C11H22O2/c1-5-7-11(13-6-2)10(12)8-9(3)4/h9,11H,5-8H2,1-4H3. The second kappa shape index (κ2) is 7.07. The first-order valence-electron chi connectivity index (χ1n) is 5.26. The predicted molar refractivity (Wildman–Crippen MR) is 54.8 cm³/mol. The van der Waals surface area contributed by atoms with E-state index in [2.05, 4.69) is 20.8 Å². The summed E-state index contributed by atoms with van der Waals surface area (Å²) >= 11 is 0. The molecule has 0 aromatic rings. The second-order valence-corrected chi connectivity index (χ2v) is 3.80. The molecule has 0 aliphatic rings. The summed E-state index contributed by atoms with van der Waals surface area (Å²) in [6.45, 7) is 8.77. The SMILES string of the molecule is CCCC(OCC)C(=O)CC(C)C. The number of hydrogen-bond acceptors (Lipinski definition) is 2. The molecule has 0 rings (SSSR count). The van der Waals surface area contributed by atoms with Crippen molar-refractivity contribution in [3.63, 3.8) is 0 Å². The Balaban J connectivity index is 3.95. The van der Waals surface area contributed by atoms with E-state index in [4.69, 9.17) is 4.74 Å². The molecule has 2 heteroatoms. The van der Waals surface area contributed by atoms with Gasteiger partial charge in [-0.1, -0.05) is 27.2 Å². The van der Waals surface area contributed by atoms with Crippen LogP contribution in [0, 0.1) is 5.92 Å². The molecular formula is C11H22O2. The number of carbonyl (C=O) groups is 1. The van der Waals surface area contributed by atoms with Crippen LogP contribution in [0.1, 0.15) is 47.0 Å². The molecule has 0 aromatic carbocycles. The molecule has 1 atom stereocenters. The van der Waals surface area contributed by atoms with Crippen molar-refractivity contribution >= 4 is 5.78 Å². The zero-order valence-corrected chi connectivity index (χ0v) is 9.30. The van der Waals surface area contributed by atoms with Gasteiger partial charge in [0.2, 0.25) is 0 Å². The first-order valence-corrected chi connectivity index (χ1v) is 5.26. The van der Waals surface area contributed by atoms with E-state index in [1.165, 1.54) is 0 Å². The van der Waals surface area contributed by atoms with E-state index in [9.17, 15) is 4.79 Å². The highest BCUT2D eigenvalue weighted by molar-refractivity contribution is 5.83. The van der Waals surface area contributed by atoms with E-state index < -0.39 is 0 Å². The highest BCUT2D eigenvalue weighted by Crippen LogP contribution is 2.10. The van der Waals surface area contributed by atoms with Crippen LogP contribution >= 0.6 is 0 Å². The average molecular weight is 186 g/mol. The molecule has 0 N–H and O–H groups in total. The van der Waals surface area contributed by atoms with Gasteiger partial charge in [-0.25, -0.2) is 0 Å². The number of ketones is 1. The third-order valence-electron chi connectivity index (χ3n) is 1.89. The fourth-order valence-electron chi connectivity index (χ4n) is 1.33. The van der Waals surface area contributed by atoms with Crippen LogP contribution in [0.2, 0.25) is 0 Å². The van der Waals surface area contributed by atoms with Gasteiger partial charge in [0.1, 0.15) is 6.10 Å². The number of rotatable bonds is 7. The average Bonchev–Trinajstić information content (AvgIpc) is 2.02. The summed E-state index contributed by atoms with van der Waals surface area (Å²) in [7, 11) is 0. The Bertz CT molecular complexity index is 135. The summed E-state index contributed by atoms with van der Waals surface area (Å²) in [5, 5.41) is 0. The summed E-state index contributed by atoms with van der Waals surface area (Å²) in [4.78, 5) is 11.6. The molecule has 0 aromatic heterocycles. The van der Waals surface area contributed by atoms with Crippen molar-refractivity contribution in [2.75, 3.05) is 6.61 Å². The first-order chi connectivity index (χ1) is 6.11. The lowest BCUT2D eigenvalue weighted by Gasteiger charge is -2.15. The fourth-order valence-corrected chi connectivity index (χ4v) is 1.33. The van der Waals surface area contributed by atoms with Gasteiger partial charge in [-0.2, -0.15) is 0 Å². The normalized spacial score (nSPS) is 13.3. The Morgan fingerprint density at radius 3 is 2.31 bits per heavy atom. The van der Waals surface area contributed by atoms with Crippen molar-refractivity contribution in [1.29, 1.82) is 0 Å². The Kier molecular flexibility index (Phi) is 6.87. The first kappa shape index (κ1) is 12.6. The van der Waals surface area contributed by atoms with Gasteiger partial charge in [-0.15, -0.1) is 0 Å². The van der Waals surface area contributed by atoms with Crippen LogP contribution in [-0.4, -0.2) is 18.5 Å². The van der Waals surface area contributed by atoms with Crippen molar-refractivity contribution in [3.8, 4) is 0 Å². The Hall–Kier alpha value is -0.370. The van der Waals surface area contributed by atoms with E-state index in [1.807, 2.05) is 6.92 Å². The molecule has 1 unspecified atom stereocenters. The molecular weight excluding hydrogens is 164 g/mol. The highest BCUT2D eigenvalue weighted by atomic mass is 16.5. The molecule has 0 spiro atoms. The molecule has 0 heterocycles. The molecule has 2 nitrogen and oxygen atoms in total. The third kappa shape index (κ3) is 5.81. The summed E-state index contributed by atoms with van der Waals surface area (Å²) < 4.78 is 5.40. The molecule has 0 aliphatic heterocycles. The van der Waals surface area contributed by atoms with Gasteiger partial charge in [-0.3, -0.25) is 4.79 Å². The Morgan fingerprint density at radius 1 is 1.31 bits per heavy atom. The molecule has 0 aliphatic carbocycles. The lowest BCUT2D eigenvalue weighted by Crippen LogP contribution is -2.25. The summed E-state index contributed by atoms with van der Waals surface area (Å²) in [5.41, 5.74) is 0. The van der Waals surface area contributed by atoms with Crippen molar-refractivity contribution in [1.82, 2.24) is 0 Å². The zero-order valence-electron chi connectivity index (χ0n) is 9.30. The van der Waals surface area contributed by atoms with E-state index in [1.54, 1.807) is 0 Å². The lowest BCUT2D eigenvalue weighted by atomic mass is 10.0. The minimum absolute atomic E-state index is 0.155. The largest absolute Gasteiger partial charge is 0.371 e. The summed E-state index contributed by atoms with van der Waals surface area (Å²) in [5.74, 6) is 0.700. The van der Waals surface area contributed by atoms with E-state index in [0.717, 1.165) is 12.8 Å². The zero-order chi connectivity index (χ0) is 10.3. The molecule has 0 saturated carbocycles.